The van der Waals surface area contributed by atoms with Crippen molar-refractivity contribution in [3.05, 3.63) is 0 Å². The van der Waals surface area contributed by atoms with Crippen LogP contribution < -0.4 is 5.32 Å². The van der Waals surface area contributed by atoms with Crippen molar-refractivity contribution in [1.82, 2.24) is 5.32 Å². The first-order chi connectivity index (χ1) is 12.8. The number of nitrogens with one attached hydrogen (secondary N) is 1. The highest BCUT2D eigenvalue weighted by Gasteiger charge is 2.38. The smallest absolute Gasteiger partial charge is 0.00982 e. The van der Waals surface area contributed by atoms with Gasteiger partial charge in [0.2, 0.25) is 0 Å². The predicted molar refractivity (Wildman–Crippen MR) is 115 cm³/mol. The summed E-state index contributed by atoms with van der Waals surface area (Å²) in [7, 11) is 0. The van der Waals surface area contributed by atoms with E-state index >= 15 is 0 Å². The molecule has 3 rings (SSSR count). The number of rotatable bonds is 9. The molecule has 2 saturated carbocycles. The maximum absolute atomic E-state index is 4.18. The third-order valence-corrected chi connectivity index (χ3v) is 8.24. The SMILES string of the molecule is CCCCCCCC1CCC2NC(C3CCC(CCC)CC3)CCC2C1. The van der Waals surface area contributed by atoms with Crippen molar-refractivity contribution < 1.29 is 0 Å². The second-order valence-corrected chi connectivity index (χ2v) is 10.2. The van der Waals surface area contributed by atoms with Crippen molar-refractivity contribution in [2.45, 2.75) is 135 Å². The van der Waals surface area contributed by atoms with E-state index in [-0.39, 0.29) is 0 Å². The van der Waals surface area contributed by atoms with Crippen LogP contribution in [-0.4, -0.2) is 12.1 Å². The van der Waals surface area contributed by atoms with Gasteiger partial charge in [0.05, 0.1) is 0 Å². The zero-order valence-corrected chi connectivity index (χ0v) is 18.0. The molecule has 0 bridgehead atoms. The molecule has 1 nitrogen and oxygen atoms in total. The summed E-state index contributed by atoms with van der Waals surface area (Å²) in [4.78, 5) is 0. The highest BCUT2D eigenvalue weighted by Crippen LogP contribution is 2.41. The minimum atomic E-state index is 0.865. The highest BCUT2D eigenvalue weighted by atomic mass is 15.0. The monoisotopic (exact) mass is 361 g/mol. The molecule has 0 spiro atoms. The van der Waals surface area contributed by atoms with Gasteiger partial charge in [0.25, 0.3) is 0 Å². The first kappa shape index (κ1) is 20.7. The number of hydrogen-bond donors (Lipinski definition) is 1. The molecule has 1 N–H and O–H groups in total. The molecule has 26 heavy (non-hydrogen) atoms. The molecular formula is C25H47N. The van der Waals surface area contributed by atoms with E-state index in [2.05, 4.69) is 19.2 Å². The van der Waals surface area contributed by atoms with E-state index in [9.17, 15) is 0 Å². The number of piperidine rings is 1. The van der Waals surface area contributed by atoms with Gasteiger partial charge in [-0.3, -0.25) is 0 Å². The third-order valence-electron chi connectivity index (χ3n) is 8.24. The van der Waals surface area contributed by atoms with Gasteiger partial charge < -0.3 is 5.32 Å². The summed E-state index contributed by atoms with van der Waals surface area (Å²) in [6.07, 6.45) is 25.3. The van der Waals surface area contributed by atoms with Crippen molar-refractivity contribution in [2.75, 3.05) is 0 Å². The summed E-state index contributed by atoms with van der Waals surface area (Å²) in [5.74, 6) is 4.12. The summed E-state index contributed by atoms with van der Waals surface area (Å²) in [5.41, 5.74) is 0. The summed E-state index contributed by atoms with van der Waals surface area (Å²) in [6.45, 7) is 4.68. The van der Waals surface area contributed by atoms with Crippen LogP contribution >= 0.6 is 0 Å². The number of hydrogen-bond acceptors (Lipinski definition) is 1. The molecule has 1 saturated heterocycles. The van der Waals surface area contributed by atoms with Gasteiger partial charge in [-0.25, -0.2) is 0 Å². The van der Waals surface area contributed by atoms with Crippen LogP contribution in [0, 0.1) is 23.7 Å². The van der Waals surface area contributed by atoms with Crippen LogP contribution in [0.1, 0.15) is 123 Å². The Bertz CT molecular complexity index is 370. The predicted octanol–water partition coefficient (Wildman–Crippen LogP) is 7.49. The van der Waals surface area contributed by atoms with E-state index in [4.69, 9.17) is 0 Å². The molecule has 2 aliphatic carbocycles. The van der Waals surface area contributed by atoms with E-state index in [0.717, 1.165) is 35.8 Å². The largest absolute Gasteiger partial charge is 0.311 e. The average Bonchev–Trinajstić information content (AvgIpc) is 2.68. The summed E-state index contributed by atoms with van der Waals surface area (Å²) >= 11 is 0. The van der Waals surface area contributed by atoms with Crippen molar-refractivity contribution in [3.63, 3.8) is 0 Å². The van der Waals surface area contributed by atoms with Gasteiger partial charge in [0, 0.05) is 12.1 Å². The van der Waals surface area contributed by atoms with Crippen LogP contribution in [0.5, 0.6) is 0 Å². The Morgan fingerprint density at radius 3 is 2.00 bits per heavy atom. The molecule has 3 fully saturated rings. The lowest BCUT2D eigenvalue weighted by atomic mass is 9.69. The lowest BCUT2D eigenvalue weighted by Crippen LogP contribution is -2.53. The standard InChI is InChI=1S/C25H47N/c1-3-5-6-7-8-10-21-13-17-25-23(19-21)16-18-24(26-25)22-14-11-20(9-4-2)12-15-22/h20-26H,3-19H2,1-2H3. The Balaban J connectivity index is 1.35. The highest BCUT2D eigenvalue weighted by molar-refractivity contribution is 4.94. The Kier molecular flexibility index (Phi) is 8.82. The minimum Gasteiger partial charge on any atom is -0.311 e. The minimum absolute atomic E-state index is 0.865. The molecule has 0 aromatic heterocycles. The van der Waals surface area contributed by atoms with Gasteiger partial charge in [-0.05, 0) is 68.6 Å². The molecule has 0 amide bonds. The second-order valence-electron chi connectivity index (χ2n) is 10.2. The molecule has 4 atom stereocenters. The van der Waals surface area contributed by atoms with Gasteiger partial charge in [-0.15, -0.1) is 0 Å². The Labute approximate surface area is 164 Å². The molecular weight excluding hydrogens is 314 g/mol. The molecule has 4 unspecified atom stereocenters. The van der Waals surface area contributed by atoms with Crippen LogP contribution in [-0.2, 0) is 0 Å². The van der Waals surface area contributed by atoms with Gasteiger partial charge in [0.15, 0.2) is 0 Å². The third kappa shape index (κ3) is 5.98. The maximum atomic E-state index is 4.18. The molecule has 1 heterocycles. The van der Waals surface area contributed by atoms with Crippen molar-refractivity contribution >= 4 is 0 Å². The fraction of sp³-hybridized carbons (Fsp3) is 1.00. The van der Waals surface area contributed by atoms with E-state index in [0.29, 0.717) is 0 Å². The van der Waals surface area contributed by atoms with E-state index in [1.807, 2.05) is 0 Å². The van der Waals surface area contributed by atoms with Crippen LogP contribution in [0.4, 0.5) is 0 Å². The van der Waals surface area contributed by atoms with Crippen LogP contribution in [0.25, 0.3) is 0 Å². The quantitative estimate of drug-likeness (QED) is 0.419. The summed E-state index contributed by atoms with van der Waals surface area (Å²) < 4.78 is 0. The Hall–Kier alpha value is -0.0400. The lowest BCUT2D eigenvalue weighted by molar-refractivity contribution is 0.0972. The average molecular weight is 362 g/mol. The first-order valence-electron chi connectivity index (χ1n) is 12.6. The molecule has 0 aromatic carbocycles. The first-order valence-corrected chi connectivity index (χ1v) is 12.6. The summed E-state index contributed by atoms with van der Waals surface area (Å²) in [6, 6.07) is 1.74. The summed E-state index contributed by atoms with van der Waals surface area (Å²) in [5, 5.41) is 4.18. The molecule has 0 radical (unpaired) electrons. The molecule has 1 aliphatic heterocycles. The molecule has 3 aliphatic rings. The van der Waals surface area contributed by atoms with Gasteiger partial charge >= 0.3 is 0 Å². The van der Waals surface area contributed by atoms with Crippen LogP contribution in [0.2, 0.25) is 0 Å². The second kappa shape index (κ2) is 11.1. The lowest BCUT2D eigenvalue weighted by Gasteiger charge is -2.46. The van der Waals surface area contributed by atoms with E-state index in [1.54, 1.807) is 6.42 Å². The normalized spacial score (nSPS) is 38.1. The molecule has 1 heteroatoms. The van der Waals surface area contributed by atoms with Gasteiger partial charge in [-0.1, -0.05) is 78.1 Å². The Morgan fingerprint density at radius 1 is 0.577 bits per heavy atom. The fourth-order valence-corrected chi connectivity index (χ4v) is 6.61. The van der Waals surface area contributed by atoms with Crippen LogP contribution in [0.15, 0.2) is 0 Å². The molecule has 0 aromatic rings. The van der Waals surface area contributed by atoms with Crippen molar-refractivity contribution in [1.29, 1.82) is 0 Å². The topological polar surface area (TPSA) is 12.0 Å². The van der Waals surface area contributed by atoms with Gasteiger partial charge in [-0.2, -0.15) is 0 Å². The number of fused-ring (bicyclic) bond motifs is 1. The van der Waals surface area contributed by atoms with E-state index in [1.165, 1.54) is 103 Å². The number of unbranched alkanes of at least 4 members (excludes halogenated alkanes) is 4. The Morgan fingerprint density at radius 2 is 1.23 bits per heavy atom. The van der Waals surface area contributed by atoms with Crippen LogP contribution in [0.3, 0.4) is 0 Å². The zero-order valence-electron chi connectivity index (χ0n) is 18.0. The van der Waals surface area contributed by atoms with Gasteiger partial charge in [0.1, 0.15) is 0 Å². The zero-order chi connectivity index (χ0) is 18.2. The maximum Gasteiger partial charge on any atom is 0.00982 e. The molecule has 152 valence electrons. The van der Waals surface area contributed by atoms with E-state index < -0.39 is 0 Å². The van der Waals surface area contributed by atoms with Crippen molar-refractivity contribution in [2.24, 2.45) is 23.7 Å². The van der Waals surface area contributed by atoms with Crippen molar-refractivity contribution in [3.8, 4) is 0 Å². The fourth-order valence-electron chi connectivity index (χ4n) is 6.61.